The van der Waals surface area contributed by atoms with Crippen molar-refractivity contribution in [2.24, 2.45) is 5.73 Å². The first-order valence-electron chi connectivity index (χ1n) is 8.36. The highest BCUT2D eigenvalue weighted by atomic mass is 16.1. The number of amides is 1. The third kappa shape index (κ3) is 5.11. The van der Waals surface area contributed by atoms with Crippen molar-refractivity contribution in [2.75, 3.05) is 19.6 Å². The van der Waals surface area contributed by atoms with Crippen LogP contribution in [0, 0.1) is 13.8 Å². The third-order valence-electron chi connectivity index (χ3n) is 4.32. The minimum atomic E-state index is 0.0689. The number of hydrogen-bond donors (Lipinski definition) is 2. The van der Waals surface area contributed by atoms with Crippen molar-refractivity contribution in [2.45, 2.75) is 52.1 Å². The summed E-state index contributed by atoms with van der Waals surface area (Å²) in [5, 5.41) is 3.03. The second-order valence-corrected chi connectivity index (χ2v) is 6.46. The van der Waals surface area contributed by atoms with Gasteiger partial charge in [0.2, 0.25) is 5.91 Å². The summed E-state index contributed by atoms with van der Waals surface area (Å²) < 4.78 is 0. The molecule has 0 radical (unpaired) electrons. The lowest BCUT2D eigenvalue weighted by molar-refractivity contribution is -0.121. The normalized spacial score (nSPS) is 19.1. The number of nitrogens with one attached hydrogen (secondary N) is 1. The summed E-state index contributed by atoms with van der Waals surface area (Å²) in [6, 6.07) is 7.19. The van der Waals surface area contributed by atoms with Crippen molar-refractivity contribution < 1.29 is 4.79 Å². The molecule has 1 aliphatic heterocycles. The lowest BCUT2D eigenvalue weighted by atomic mass is 10.00. The van der Waals surface area contributed by atoms with Crippen molar-refractivity contribution in [3.8, 4) is 0 Å². The molecule has 1 aromatic rings. The minimum absolute atomic E-state index is 0.0689. The van der Waals surface area contributed by atoms with E-state index >= 15 is 0 Å². The largest absolute Gasteiger partial charge is 0.354 e. The molecule has 4 nitrogen and oxygen atoms in total. The maximum absolute atomic E-state index is 11.6. The van der Waals surface area contributed by atoms with Crippen molar-refractivity contribution in [1.82, 2.24) is 10.2 Å². The van der Waals surface area contributed by atoms with Gasteiger partial charge in [0.25, 0.3) is 0 Å². The van der Waals surface area contributed by atoms with Gasteiger partial charge in [0.15, 0.2) is 0 Å². The van der Waals surface area contributed by atoms with Crippen molar-refractivity contribution in [3.63, 3.8) is 0 Å². The summed E-state index contributed by atoms with van der Waals surface area (Å²) in [7, 11) is 0. The first-order valence-corrected chi connectivity index (χ1v) is 8.36. The Morgan fingerprint density at radius 3 is 2.68 bits per heavy atom. The summed E-state index contributed by atoms with van der Waals surface area (Å²) in [5.41, 5.74) is 9.44. The van der Waals surface area contributed by atoms with E-state index in [9.17, 15) is 4.79 Å². The number of nitrogens with zero attached hydrogens (tertiary/aromatic N) is 1. The molecule has 0 aliphatic carbocycles. The lowest BCUT2D eigenvalue weighted by Gasteiger charge is -2.36. The second-order valence-electron chi connectivity index (χ2n) is 6.46. The molecule has 3 N–H and O–H groups in total. The average Bonchev–Trinajstić information content (AvgIpc) is 2.45. The molecule has 1 heterocycles. The van der Waals surface area contributed by atoms with Crippen LogP contribution in [-0.4, -0.2) is 36.5 Å². The molecule has 0 saturated carbocycles. The standard InChI is InChI=1S/C18H29N3O/c1-14-9-15(2)11-16(10-14)13-21-8-4-3-5-17(21)12-20-18(22)6-7-19/h9-11,17H,3-8,12-13,19H2,1-2H3,(H,20,22). The van der Waals surface area contributed by atoms with Gasteiger partial charge in [-0.2, -0.15) is 0 Å². The number of nitrogens with two attached hydrogens (primary N) is 1. The van der Waals surface area contributed by atoms with E-state index in [4.69, 9.17) is 5.73 Å². The number of aryl methyl sites for hydroxylation is 2. The van der Waals surface area contributed by atoms with Crippen molar-refractivity contribution >= 4 is 5.91 Å². The molecule has 1 fully saturated rings. The van der Waals surface area contributed by atoms with Crippen molar-refractivity contribution in [3.05, 3.63) is 34.9 Å². The van der Waals surface area contributed by atoms with Gasteiger partial charge in [0.1, 0.15) is 0 Å². The zero-order chi connectivity index (χ0) is 15.9. The molecule has 1 aromatic carbocycles. The van der Waals surface area contributed by atoms with Crippen LogP contribution in [-0.2, 0) is 11.3 Å². The molecule has 0 aromatic heterocycles. The monoisotopic (exact) mass is 303 g/mol. The van der Waals surface area contributed by atoms with E-state index in [0.717, 1.165) is 26.1 Å². The Bertz CT molecular complexity index is 481. The number of likely N-dealkylation sites (tertiary alicyclic amines) is 1. The van der Waals surface area contributed by atoms with E-state index in [1.165, 1.54) is 29.5 Å². The summed E-state index contributed by atoms with van der Waals surface area (Å²) in [6.07, 6.45) is 4.08. The highest BCUT2D eigenvalue weighted by Crippen LogP contribution is 2.20. The molecule has 0 spiro atoms. The van der Waals surface area contributed by atoms with E-state index in [1.54, 1.807) is 0 Å². The molecule has 122 valence electrons. The SMILES string of the molecule is Cc1cc(C)cc(CN2CCCCC2CNC(=O)CCN)c1. The van der Waals surface area contributed by atoms with Crippen LogP contribution >= 0.6 is 0 Å². The van der Waals surface area contributed by atoms with Crippen LogP contribution in [0.4, 0.5) is 0 Å². The summed E-state index contributed by atoms with van der Waals surface area (Å²) in [5.74, 6) is 0.0689. The first kappa shape index (κ1) is 17.0. The van der Waals surface area contributed by atoms with Gasteiger partial charge in [-0.15, -0.1) is 0 Å². The van der Waals surface area contributed by atoms with Gasteiger partial charge < -0.3 is 11.1 Å². The Morgan fingerprint density at radius 2 is 2.00 bits per heavy atom. The van der Waals surface area contributed by atoms with Crippen LogP contribution < -0.4 is 11.1 Å². The van der Waals surface area contributed by atoms with Gasteiger partial charge in [0.05, 0.1) is 0 Å². The van der Waals surface area contributed by atoms with Crippen LogP contribution in [0.5, 0.6) is 0 Å². The minimum Gasteiger partial charge on any atom is -0.354 e. The predicted molar refractivity (Wildman–Crippen MR) is 90.6 cm³/mol. The Hall–Kier alpha value is -1.39. The average molecular weight is 303 g/mol. The topological polar surface area (TPSA) is 58.4 Å². The lowest BCUT2D eigenvalue weighted by Crippen LogP contribution is -2.46. The molecule has 2 rings (SSSR count). The van der Waals surface area contributed by atoms with Gasteiger partial charge in [-0.05, 0) is 38.8 Å². The van der Waals surface area contributed by atoms with Crippen LogP contribution in [0.2, 0.25) is 0 Å². The third-order valence-corrected chi connectivity index (χ3v) is 4.32. The number of rotatable bonds is 6. The van der Waals surface area contributed by atoms with Crippen LogP contribution in [0.15, 0.2) is 18.2 Å². The molecule has 22 heavy (non-hydrogen) atoms. The molecular formula is C18H29N3O. The van der Waals surface area contributed by atoms with Crippen LogP contribution in [0.25, 0.3) is 0 Å². The zero-order valence-electron chi connectivity index (χ0n) is 13.9. The fourth-order valence-corrected chi connectivity index (χ4v) is 3.35. The zero-order valence-corrected chi connectivity index (χ0v) is 13.9. The van der Waals surface area contributed by atoms with Gasteiger partial charge in [-0.3, -0.25) is 9.69 Å². The van der Waals surface area contributed by atoms with E-state index in [-0.39, 0.29) is 5.91 Å². The fraction of sp³-hybridized carbons (Fsp3) is 0.611. The molecule has 1 amide bonds. The molecule has 4 heteroatoms. The molecule has 1 aliphatic rings. The molecule has 1 atom stereocenters. The van der Waals surface area contributed by atoms with Crippen LogP contribution in [0.1, 0.15) is 42.4 Å². The smallest absolute Gasteiger partial charge is 0.221 e. The van der Waals surface area contributed by atoms with E-state index in [2.05, 4.69) is 42.3 Å². The van der Waals surface area contributed by atoms with Gasteiger partial charge >= 0.3 is 0 Å². The van der Waals surface area contributed by atoms with Crippen LogP contribution in [0.3, 0.4) is 0 Å². The quantitative estimate of drug-likeness (QED) is 0.846. The Kier molecular flexibility index (Phi) is 6.40. The Morgan fingerprint density at radius 1 is 1.27 bits per heavy atom. The number of hydrogen-bond acceptors (Lipinski definition) is 3. The fourth-order valence-electron chi connectivity index (χ4n) is 3.35. The predicted octanol–water partition coefficient (Wildman–Crippen LogP) is 2.12. The second kappa shape index (κ2) is 8.30. The van der Waals surface area contributed by atoms with E-state index in [1.807, 2.05) is 0 Å². The number of piperidine rings is 1. The molecule has 1 saturated heterocycles. The van der Waals surface area contributed by atoms with E-state index < -0.39 is 0 Å². The highest BCUT2D eigenvalue weighted by Gasteiger charge is 2.22. The van der Waals surface area contributed by atoms with E-state index in [0.29, 0.717) is 19.0 Å². The number of carbonyl (C=O) groups excluding carboxylic acids is 1. The van der Waals surface area contributed by atoms with Gasteiger partial charge in [0, 0.05) is 32.1 Å². The maximum Gasteiger partial charge on any atom is 0.221 e. The maximum atomic E-state index is 11.6. The summed E-state index contributed by atoms with van der Waals surface area (Å²) in [6.45, 7) is 7.55. The Balaban J connectivity index is 1.95. The summed E-state index contributed by atoms with van der Waals surface area (Å²) in [4.78, 5) is 14.1. The molecular weight excluding hydrogens is 274 g/mol. The number of benzene rings is 1. The molecule has 1 unspecified atom stereocenters. The molecule has 0 bridgehead atoms. The van der Waals surface area contributed by atoms with Crippen molar-refractivity contribution in [1.29, 1.82) is 0 Å². The number of carbonyl (C=O) groups is 1. The Labute approximate surface area is 134 Å². The van der Waals surface area contributed by atoms with Gasteiger partial charge in [-0.1, -0.05) is 35.7 Å². The summed E-state index contributed by atoms with van der Waals surface area (Å²) >= 11 is 0. The first-order chi connectivity index (χ1) is 10.6. The van der Waals surface area contributed by atoms with Gasteiger partial charge in [-0.25, -0.2) is 0 Å². The highest BCUT2D eigenvalue weighted by molar-refractivity contribution is 5.76.